The molecule has 1 aromatic carbocycles. The van der Waals surface area contributed by atoms with Gasteiger partial charge in [-0.05, 0) is 37.9 Å². The van der Waals surface area contributed by atoms with E-state index in [0.29, 0.717) is 12.0 Å². The number of aliphatic hydroxyl groups excluding tert-OH is 1. The molecule has 6 unspecified atom stereocenters. The first kappa shape index (κ1) is 11.3. The van der Waals surface area contributed by atoms with E-state index in [4.69, 9.17) is 9.47 Å². The van der Waals surface area contributed by atoms with E-state index in [2.05, 4.69) is 18.0 Å². The average Bonchev–Trinajstić information content (AvgIpc) is 2.83. The van der Waals surface area contributed by atoms with Gasteiger partial charge in [-0.2, -0.15) is 0 Å². The lowest BCUT2D eigenvalue weighted by atomic mass is 9.31. The van der Waals surface area contributed by atoms with Crippen molar-refractivity contribution in [1.29, 1.82) is 0 Å². The monoisotopic (exact) mass is 285 g/mol. The maximum atomic E-state index is 10.7. The molecule has 7 rings (SSSR count). The number of hydrogen-bond acceptors (Lipinski definition) is 4. The van der Waals surface area contributed by atoms with E-state index in [1.165, 1.54) is 11.1 Å². The third kappa shape index (κ3) is 0.847. The molecule has 1 saturated heterocycles. The normalized spacial score (nSPS) is 50.6. The van der Waals surface area contributed by atoms with Crippen LogP contribution in [-0.4, -0.2) is 48.0 Å². The van der Waals surface area contributed by atoms with E-state index < -0.39 is 0 Å². The van der Waals surface area contributed by atoms with Gasteiger partial charge in [0.2, 0.25) is 0 Å². The Labute approximate surface area is 123 Å². The van der Waals surface area contributed by atoms with Gasteiger partial charge in [-0.25, -0.2) is 0 Å². The Morgan fingerprint density at radius 2 is 2.29 bits per heavy atom. The summed E-state index contributed by atoms with van der Waals surface area (Å²) >= 11 is 0. The Bertz CT molecular complexity index is 704. The number of likely N-dealkylation sites (tertiary alicyclic amines) is 1. The van der Waals surface area contributed by atoms with Crippen molar-refractivity contribution in [2.75, 3.05) is 14.2 Å². The number of aliphatic hydroxyl groups is 1. The number of fused-ring (bicyclic) bond motifs is 1. The molecule has 2 bridgehead atoms. The van der Waals surface area contributed by atoms with Crippen LogP contribution in [0.5, 0.6) is 11.5 Å². The summed E-state index contributed by atoms with van der Waals surface area (Å²) in [5.74, 6) is 2.42. The molecule has 2 spiro atoms. The van der Waals surface area contributed by atoms with Crippen molar-refractivity contribution in [3.63, 3.8) is 0 Å². The Balaban J connectivity index is 1.67. The molecular weight excluding hydrogens is 266 g/mol. The van der Waals surface area contributed by atoms with Gasteiger partial charge in [0, 0.05) is 28.5 Å². The summed E-state index contributed by atoms with van der Waals surface area (Å²) in [6, 6.07) is 4.87. The molecule has 0 aromatic heterocycles. The zero-order valence-electron chi connectivity index (χ0n) is 12.3. The van der Waals surface area contributed by atoms with E-state index in [-0.39, 0.29) is 23.2 Å². The molecule has 110 valence electrons. The van der Waals surface area contributed by atoms with Gasteiger partial charge in [-0.3, -0.25) is 4.90 Å². The van der Waals surface area contributed by atoms with Gasteiger partial charge in [0.05, 0.1) is 13.2 Å². The van der Waals surface area contributed by atoms with Crippen molar-refractivity contribution in [1.82, 2.24) is 4.90 Å². The van der Waals surface area contributed by atoms with Crippen LogP contribution in [0.25, 0.3) is 0 Å². The summed E-state index contributed by atoms with van der Waals surface area (Å²) in [5, 5.41) is 10.7. The minimum absolute atomic E-state index is 0.0618. The van der Waals surface area contributed by atoms with Gasteiger partial charge in [-0.15, -0.1) is 0 Å². The van der Waals surface area contributed by atoms with Crippen molar-refractivity contribution in [2.45, 2.75) is 48.5 Å². The molecule has 4 fully saturated rings. The number of benzene rings is 1. The lowest BCUT2D eigenvalue weighted by molar-refractivity contribution is -0.312. The molecule has 1 aromatic rings. The molecule has 1 N–H and O–H groups in total. The number of piperidine rings is 1. The summed E-state index contributed by atoms with van der Waals surface area (Å²) in [6.07, 6.45) is 2.70. The first-order valence-corrected chi connectivity index (χ1v) is 7.91. The third-order valence-electron chi connectivity index (χ3n) is 7.30. The minimum Gasteiger partial charge on any atom is -0.493 e. The molecular formula is C17H19NO3. The first-order chi connectivity index (χ1) is 10.1. The number of rotatable bonds is 1. The molecule has 6 atom stereocenters. The standard InChI is InChI=1S/C17H19NO3/c1-18-9-5-8-3-4-11(20-2)13-12(8)17-7-16(18,14(9)17)6-10(19)15(17)21-13/h3-4,9-10,14-15,19H,5-7H2,1-2H3. The number of hydrogen-bond donors (Lipinski definition) is 1. The molecule has 0 radical (unpaired) electrons. The highest BCUT2D eigenvalue weighted by atomic mass is 16.5. The van der Waals surface area contributed by atoms with Gasteiger partial charge in [-0.1, -0.05) is 6.07 Å². The molecule has 4 nitrogen and oxygen atoms in total. The lowest BCUT2D eigenvalue weighted by Gasteiger charge is -2.82. The van der Waals surface area contributed by atoms with Gasteiger partial charge < -0.3 is 14.6 Å². The minimum atomic E-state index is -0.360. The number of ether oxygens (including phenoxy) is 2. The maximum Gasteiger partial charge on any atom is 0.165 e. The zero-order valence-corrected chi connectivity index (χ0v) is 12.3. The second kappa shape index (κ2) is 2.95. The lowest BCUT2D eigenvalue weighted by Crippen LogP contribution is -2.92. The zero-order chi connectivity index (χ0) is 14.1. The summed E-state index contributed by atoms with van der Waals surface area (Å²) in [4.78, 5) is 2.54. The summed E-state index contributed by atoms with van der Waals surface area (Å²) in [5.41, 5.74) is 3.08. The predicted octanol–water partition coefficient (Wildman–Crippen LogP) is 1.09. The third-order valence-corrected chi connectivity index (χ3v) is 7.30. The van der Waals surface area contributed by atoms with Crippen molar-refractivity contribution in [3.05, 3.63) is 23.3 Å². The molecule has 2 aliphatic heterocycles. The fourth-order valence-electron chi connectivity index (χ4n) is 6.76. The number of likely N-dealkylation sites (N-methyl/N-ethyl adjacent to an activating group) is 1. The smallest absolute Gasteiger partial charge is 0.165 e. The molecule has 6 aliphatic rings. The van der Waals surface area contributed by atoms with E-state index in [9.17, 15) is 5.11 Å². The van der Waals surface area contributed by atoms with Crippen molar-refractivity contribution in [2.24, 2.45) is 5.92 Å². The second-order valence-corrected chi connectivity index (χ2v) is 7.62. The predicted molar refractivity (Wildman–Crippen MR) is 75.8 cm³/mol. The van der Waals surface area contributed by atoms with Crippen LogP contribution in [-0.2, 0) is 11.8 Å². The van der Waals surface area contributed by atoms with E-state index in [1.807, 2.05) is 6.07 Å². The highest BCUT2D eigenvalue weighted by Gasteiger charge is 2.85. The second-order valence-electron chi connectivity index (χ2n) is 7.62. The van der Waals surface area contributed by atoms with Crippen LogP contribution >= 0.6 is 0 Å². The summed E-state index contributed by atoms with van der Waals surface area (Å²) in [6.45, 7) is 0. The summed E-state index contributed by atoms with van der Waals surface area (Å²) in [7, 11) is 3.94. The first-order valence-electron chi connectivity index (χ1n) is 7.91. The topological polar surface area (TPSA) is 41.9 Å². The number of nitrogens with zero attached hydrogens (tertiary/aromatic N) is 1. The SMILES string of the molecule is COc1ccc2c3c1OC1C(O)CC45CC31C4C(C2)N5C. The highest BCUT2D eigenvalue weighted by molar-refractivity contribution is 5.65. The molecule has 2 heterocycles. The van der Waals surface area contributed by atoms with Crippen LogP contribution < -0.4 is 9.47 Å². The van der Waals surface area contributed by atoms with Gasteiger partial charge in [0.25, 0.3) is 0 Å². The quantitative estimate of drug-likeness (QED) is 0.838. The van der Waals surface area contributed by atoms with Gasteiger partial charge >= 0.3 is 0 Å². The Morgan fingerprint density at radius 3 is 3.10 bits per heavy atom. The van der Waals surface area contributed by atoms with Crippen molar-refractivity contribution in [3.8, 4) is 11.5 Å². The largest absolute Gasteiger partial charge is 0.493 e. The molecule has 4 aliphatic carbocycles. The fraction of sp³-hybridized carbons (Fsp3) is 0.647. The molecule has 4 heteroatoms. The van der Waals surface area contributed by atoms with Gasteiger partial charge in [0.15, 0.2) is 11.5 Å². The van der Waals surface area contributed by atoms with Crippen LogP contribution in [0, 0.1) is 5.92 Å². The van der Waals surface area contributed by atoms with E-state index >= 15 is 0 Å². The fourth-order valence-corrected chi connectivity index (χ4v) is 6.76. The summed E-state index contributed by atoms with van der Waals surface area (Å²) < 4.78 is 11.8. The van der Waals surface area contributed by atoms with Crippen molar-refractivity contribution >= 4 is 0 Å². The van der Waals surface area contributed by atoms with Crippen LogP contribution in [0.3, 0.4) is 0 Å². The number of methoxy groups -OCH3 is 1. The molecule has 3 saturated carbocycles. The Morgan fingerprint density at radius 1 is 1.43 bits per heavy atom. The Hall–Kier alpha value is -1.26. The van der Waals surface area contributed by atoms with Crippen LogP contribution in [0.15, 0.2) is 12.1 Å². The maximum absolute atomic E-state index is 10.7. The highest BCUT2D eigenvalue weighted by Crippen LogP contribution is 2.78. The van der Waals surface area contributed by atoms with Crippen LogP contribution in [0.4, 0.5) is 0 Å². The van der Waals surface area contributed by atoms with Crippen LogP contribution in [0.2, 0.25) is 0 Å². The van der Waals surface area contributed by atoms with Crippen LogP contribution in [0.1, 0.15) is 24.0 Å². The Kier molecular flexibility index (Phi) is 1.59. The average molecular weight is 285 g/mol. The molecule has 21 heavy (non-hydrogen) atoms. The van der Waals surface area contributed by atoms with E-state index in [0.717, 1.165) is 30.8 Å². The van der Waals surface area contributed by atoms with Crippen molar-refractivity contribution < 1.29 is 14.6 Å². The molecule has 0 amide bonds. The van der Waals surface area contributed by atoms with Gasteiger partial charge in [0.1, 0.15) is 6.10 Å². The van der Waals surface area contributed by atoms with E-state index in [1.54, 1.807) is 7.11 Å².